The van der Waals surface area contributed by atoms with E-state index in [-0.39, 0.29) is 0 Å². The Bertz CT molecular complexity index is 2500. The van der Waals surface area contributed by atoms with Gasteiger partial charge in [0, 0.05) is 45.0 Å². The standard InChI is InChI=1S/C56H54N6P2/c1-7-23-41(24-8-1)51-39-43-27-19-21-37-49(43)53(55(51)61-63(57-45-29-11-3-12-30-45)58-46-31-13-4-14-32-46)54-50-38-22-20-28-44(50)40-52(42-25-9-2-10-26-42)56(54)62-64(59-47-33-15-5-16-34-47)60-48-35-17-6-18-36-48/h1-18,23-26,29-36,39-40,57-62H,19-22,27-28,37-38H2. The zero-order valence-corrected chi connectivity index (χ0v) is 37.8. The lowest BCUT2D eigenvalue weighted by molar-refractivity contribution is 0.682. The van der Waals surface area contributed by atoms with Crippen LogP contribution < -0.4 is 30.5 Å². The van der Waals surface area contributed by atoms with Gasteiger partial charge in [-0.3, -0.25) is 0 Å². The predicted octanol–water partition coefficient (Wildman–Crippen LogP) is 16.2. The molecule has 0 aromatic heterocycles. The number of fused-ring (bicyclic) bond motifs is 2. The molecule has 6 nitrogen and oxygen atoms in total. The number of aryl methyl sites for hydroxylation is 2. The molecule has 0 spiro atoms. The molecule has 0 atom stereocenters. The highest BCUT2D eigenvalue weighted by molar-refractivity contribution is 7.62. The zero-order chi connectivity index (χ0) is 42.9. The van der Waals surface area contributed by atoms with Gasteiger partial charge < -0.3 is 30.5 Å². The lowest BCUT2D eigenvalue weighted by atomic mass is 9.76. The van der Waals surface area contributed by atoms with Crippen molar-refractivity contribution in [3.63, 3.8) is 0 Å². The normalized spacial score (nSPS) is 13.1. The van der Waals surface area contributed by atoms with Crippen LogP contribution in [0, 0.1) is 0 Å². The summed E-state index contributed by atoms with van der Waals surface area (Å²) in [6.45, 7) is 0. The summed E-state index contributed by atoms with van der Waals surface area (Å²) in [5.74, 6) is 0. The van der Waals surface area contributed by atoms with Crippen molar-refractivity contribution in [3.05, 3.63) is 216 Å². The Morgan fingerprint density at radius 1 is 0.297 bits per heavy atom. The second-order valence-corrected chi connectivity index (χ2v) is 19.3. The first-order valence-electron chi connectivity index (χ1n) is 22.6. The van der Waals surface area contributed by atoms with Crippen LogP contribution in [0.5, 0.6) is 0 Å². The smallest absolute Gasteiger partial charge is 0.200 e. The highest BCUT2D eigenvalue weighted by Gasteiger charge is 2.31. The van der Waals surface area contributed by atoms with Crippen molar-refractivity contribution in [2.75, 3.05) is 30.5 Å². The molecule has 0 saturated heterocycles. The second-order valence-electron chi connectivity index (χ2n) is 16.6. The van der Waals surface area contributed by atoms with Crippen LogP contribution in [0.4, 0.5) is 34.1 Å². The van der Waals surface area contributed by atoms with Crippen molar-refractivity contribution in [2.45, 2.75) is 51.4 Å². The molecule has 318 valence electrons. The van der Waals surface area contributed by atoms with Crippen LogP contribution in [0.3, 0.4) is 0 Å². The maximum Gasteiger partial charge on any atom is 0.200 e. The van der Waals surface area contributed by atoms with Crippen LogP contribution in [0.25, 0.3) is 33.4 Å². The lowest BCUT2D eigenvalue weighted by Gasteiger charge is -2.34. The lowest BCUT2D eigenvalue weighted by Crippen LogP contribution is -2.17. The second kappa shape index (κ2) is 19.9. The third-order valence-electron chi connectivity index (χ3n) is 12.2. The fraction of sp³-hybridized carbons (Fsp3) is 0.143. The highest BCUT2D eigenvalue weighted by Crippen LogP contribution is 2.55. The van der Waals surface area contributed by atoms with Crippen molar-refractivity contribution < 1.29 is 0 Å². The molecule has 8 heteroatoms. The first kappa shape index (κ1) is 41.4. The third kappa shape index (κ3) is 9.50. The van der Waals surface area contributed by atoms with Crippen molar-refractivity contribution in [3.8, 4) is 33.4 Å². The van der Waals surface area contributed by atoms with E-state index in [0.29, 0.717) is 0 Å². The van der Waals surface area contributed by atoms with E-state index in [2.05, 4.69) is 225 Å². The highest BCUT2D eigenvalue weighted by atomic mass is 31.2. The number of benzene rings is 8. The van der Waals surface area contributed by atoms with E-state index in [4.69, 9.17) is 0 Å². The minimum atomic E-state index is -1.26. The van der Waals surface area contributed by atoms with Gasteiger partial charge in [0.2, 0.25) is 0 Å². The minimum absolute atomic E-state index is 1.02. The van der Waals surface area contributed by atoms with Gasteiger partial charge in [0.25, 0.3) is 0 Å². The Morgan fingerprint density at radius 2 is 0.578 bits per heavy atom. The average molecular weight is 873 g/mol. The minimum Gasteiger partial charge on any atom is -0.331 e. The Kier molecular flexibility index (Phi) is 12.9. The van der Waals surface area contributed by atoms with Crippen molar-refractivity contribution >= 4 is 50.9 Å². The molecule has 0 aliphatic heterocycles. The summed E-state index contributed by atoms with van der Waals surface area (Å²) in [4.78, 5) is 0. The van der Waals surface area contributed by atoms with Crippen LogP contribution >= 0.6 is 16.7 Å². The van der Waals surface area contributed by atoms with Crippen LogP contribution in [-0.2, 0) is 25.7 Å². The summed E-state index contributed by atoms with van der Waals surface area (Å²) in [5.41, 5.74) is 19.9. The Hall–Kier alpha value is -6.58. The largest absolute Gasteiger partial charge is 0.331 e. The molecule has 64 heavy (non-hydrogen) atoms. The number of anilines is 6. The summed E-state index contributed by atoms with van der Waals surface area (Å²) in [6.07, 6.45) is 8.85. The molecule has 0 radical (unpaired) electrons. The van der Waals surface area contributed by atoms with Gasteiger partial charge in [-0.25, -0.2) is 0 Å². The Balaban J connectivity index is 1.25. The fourth-order valence-electron chi connectivity index (χ4n) is 9.24. The number of para-hydroxylation sites is 4. The maximum atomic E-state index is 4.28. The molecule has 0 unspecified atom stereocenters. The third-order valence-corrected chi connectivity index (χ3v) is 15.0. The van der Waals surface area contributed by atoms with E-state index in [1.54, 1.807) is 0 Å². The Morgan fingerprint density at radius 3 is 0.891 bits per heavy atom. The van der Waals surface area contributed by atoms with Crippen LogP contribution in [0.15, 0.2) is 194 Å². The molecule has 0 heterocycles. The molecular formula is C56H54N6P2. The molecule has 8 aromatic rings. The Labute approximate surface area is 380 Å². The van der Waals surface area contributed by atoms with Gasteiger partial charge in [-0.1, -0.05) is 133 Å². The monoisotopic (exact) mass is 872 g/mol. The molecule has 0 saturated carbocycles. The molecule has 2 aliphatic rings. The molecule has 0 fully saturated rings. The van der Waals surface area contributed by atoms with Crippen LogP contribution in [0.1, 0.15) is 47.9 Å². The first-order chi connectivity index (χ1) is 31.7. The number of nitrogens with one attached hydrogen (secondary N) is 6. The van der Waals surface area contributed by atoms with Gasteiger partial charge in [0.1, 0.15) is 0 Å². The summed E-state index contributed by atoms with van der Waals surface area (Å²) < 4.78 is 0. The van der Waals surface area contributed by atoms with Crippen LogP contribution in [-0.4, -0.2) is 0 Å². The summed E-state index contributed by atoms with van der Waals surface area (Å²) in [5, 5.41) is 24.2. The quantitative estimate of drug-likeness (QED) is 0.0577. The zero-order valence-electron chi connectivity index (χ0n) is 36.0. The van der Waals surface area contributed by atoms with Gasteiger partial charge in [-0.05, 0) is 145 Å². The first-order valence-corrected chi connectivity index (χ1v) is 25.3. The molecule has 10 rings (SSSR count). The van der Waals surface area contributed by atoms with E-state index in [1.165, 1.54) is 68.5 Å². The molecule has 0 bridgehead atoms. The average Bonchev–Trinajstić information content (AvgIpc) is 3.35. The topological polar surface area (TPSA) is 72.2 Å². The van der Waals surface area contributed by atoms with Gasteiger partial charge in [0.15, 0.2) is 16.7 Å². The van der Waals surface area contributed by atoms with Gasteiger partial charge in [0.05, 0.1) is 11.4 Å². The molecule has 6 N–H and O–H groups in total. The fourth-order valence-corrected chi connectivity index (χ4v) is 12.1. The van der Waals surface area contributed by atoms with E-state index in [1.807, 2.05) is 0 Å². The molecular weight excluding hydrogens is 819 g/mol. The molecule has 2 aliphatic carbocycles. The van der Waals surface area contributed by atoms with E-state index in [0.717, 1.165) is 72.6 Å². The van der Waals surface area contributed by atoms with Gasteiger partial charge in [-0.2, -0.15) is 0 Å². The van der Waals surface area contributed by atoms with Crippen LogP contribution in [0.2, 0.25) is 0 Å². The van der Waals surface area contributed by atoms with E-state index < -0.39 is 16.7 Å². The summed E-state index contributed by atoms with van der Waals surface area (Å²) >= 11 is 0. The predicted molar refractivity (Wildman–Crippen MR) is 277 cm³/mol. The number of hydrogen-bond donors (Lipinski definition) is 6. The van der Waals surface area contributed by atoms with Gasteiger partial charge >= 0.3 is 0 Å². The number of hydrogen-bond acceptors (Lipinski definition) is 6. The molecule has 8 aromatic carbocycles. The maximum absolute atomic E-state index is 4.28. The SMILES string of the molecule is c1ccc(NP(Nc2ccccc2)Nc2c(-c3ccccc3)cc3c(c2-c2c4c(cc(-c5ccccc5)c2NP(Nc2ccccc2)Nc2ccccc2)CCCC4)CCCC3)cc1. The van der Waals surface area contributed by atoms with E-state index in [9.17, 15) is 0 Å². The van der Waals surface area contributed by atoms with Crippen molar-refractivity contribution in [2.24, 2.45) is 0 Å². The summed E-state index contributed by atoms with van der Waals surface area (Å²) in [7, 11) is -2.53. The van der Waals surface area contributed by atoms with Gasteiger partial charge in [-0.15, -0.1) is 0 Å². The van der Waals surface area contributed by atoms with E-state index >= 15 is 0 Å². The number of rotatable bonds is 15. The molecule has 0 amide bonds. The van der Waals surface area contributed by atoms with Crippen molar-refractivity contribution in [1.82, 2.24) is 0 Å². The van der Waals surface area contributed by atoms with Crippen molar-refractivity contribution in [1.29, 1.82) is 0 Å². The summed E-state index contributed by atoms with van der Waals surface area (Å²) in [6, 6.07) is 69.4.